The second kappa shape index (κ2) is 7.54. The van der Waals surface area contributed by atoms with Crippen LogP contribution in [-0.4, -0.2) is 54.8 Å². The number of hydrogen-bond acceptors (Lipinski definition) is 5. The number of rotatable bonds is 4. The molecule has 1 aromatic heterocycles. The molecule has 0 radical (unpaired) electrons. The predicted octanol–water partition coefficient (Wildman–Crippen LogP) is 2.82. The number of amides is 1. The first-order valence-corrected chi connectivity index (χ1v) is 11.6. The van der Waals surface area contributed by atoms with E-state index >= 15 is 0 Å². The van der Waals surface area contributed by atoms with E-state index in [9.17, 15) is 13.2 Å². The Morgan fingerprint density at radius 1 is 1.25 bits per heavy atom. The maximum atomic E-state index is 12.9. The van der Waals surface area contributed by atoms with Crippen LogP contribution in [0.3, 0.4) is 0 Å². The average Bonchev–Trinajstić information content (AvgIpc) is 3.07. The number of aryl methyl sites for hydroxylation is 1. The van der Waals surface area contributed by atoms with Crippen molar-refractivity contribution >= 4 is 27.2 Å². The van der Waals surface area contributed by atoms with Crippen LogP contribution in [0, 0.1) is 0 Å². The first-order valence-electron chi connectivity index (χ1n) is 9.81. The predicted molar refractivity (Wildman–Crippen MR) is 110 cm³/mol. The second-order valence-corrected chi connectivity index (χ2v) is 9.67. The molecule has 28 heavy (non-hydrogen) atoms. The van der Waals surface area contributed by atoms with Gasteiger partial charge in [-0.25, -0.2) is 13.4 Å². The standard InChI is InChI=1S/C21H25N3O3S/c1-2-23(18-11-13-28(26,27)15-18)21(25)17-9-10-20(22-14-17)24-12-5-7-16-6-3-4-8-19(16)24/h3-4,6,8-10,14,18H,2,5,7,11-13,15H2,1H3. The van der Waals surface area contributed by atoms with Crippen molar-refractivity contribution in [1.82, 2.24) is 9.88 Å². The summed E-state index contributed by atoms with van der Waals surface area (Å²) in [5, 5.41) is 0. The number of aromatic nitrogens is 1. The fourth-order valence-corrected chi connectivity index (χ4v) is 5.93. The molecule has 6 nitrogen and oxygen atoms in total. The van der Waals surface area contributed by atoms with Gasteiger partial charge in [0.25, 0.3) is 5.91 Å². The fourth-order valence-electron chi connectivity index (χ4n) is 4.20. The summed E-state index contributed by atoms with van der Waals surface area (Å²) in [6.07, 6.45) is 4.26. The van der Waals surface area contributed by atoms with Crippen molar-refractivity contribution < 1.29 is 13.2 Å². The summed E-state index contributed by atoms with van der Waals surface area (Å²) in [5.41, 5.74) is 2.99. The Morgan fingerprint density at radius 2 is 2.07 bits per heavy atom. The molecular weight excluding hydrogens is 374 g/mol. The molecule has 2 aromatic rings. The van der Waals surface area contributed by atoms with Gasteiger partial charge in [0.1, 0.15) is 5.82 Å². The van der Waals surface area contributed by atoms with Gasteiger partial charge in [0.05, 0.1) is 17.1 Å². The van der Waals surface area contributed by atoms with Crippen LogP contribution < -0.4 is 4.90 Å². The van der Waals surface area contributed by atoms with Gasteiger partial charge >= 0.3 is 0 Å². The van der Waals surface area contributed by atoms with Gasteiger partial charge in [-0.1, -0.05) is 18.2 Å². The van der Waals surface area contributed by atoms with Crippen molar-refractivity contribution in [2.24, 2.45) is 0 Å². The number of fused-ring (bicyclic) bond motifs is 1. The Bertz CT molecular complexity index is 973. The third-order valence-electron chi connectivity index (χ3n) is 5.63. The fraction of sp³-hybridized carbons (Fsp3) is 0.429. The molecule has 0 spiro atoms. The van der Waals surface area contributed by atoms with E-state index in [0.717, 1.165) is 25.2 Å². The monoisotopic (exact) mass is 399 g/mol. The number of carbonyl (C=O) groups excluding carboxylic acids is 1. The molecule has 4 rings (SSSR count). The Kier molecular flexibility index (Phi) is 5.10. The number of para-hydroxylation sites is 1. The van der Waals surface area contributed by atoms with Crippen molar-refractivity contribution in [3.05, 3.63) is 53.7 Å². The zero-order valence-electron chi connectivity index (χ0n) is 16.0. The van der Waals surface area contributed by atoms with Crippen molar-refractivity contribution in [2.45, 2.75) is 32.2 Å². The van der Waals surface area contributed by atoms with Gasteiger partial charge in [0.2, 0.25) is 0 Å². The molecule has 0 bridgehead atoms. The van der Waals surface area contributed by atoms with Crippen molar-refractivity contribution in [3.63, 3.8) is 0 Å². The minimum absolute atomic E-state index is 0.0582. The number of nitrogens with zero attached hydrogens (tertiary/aromatic N) is 3. The summed E-state index contributed by atoms with van der Waals surface area (Å²) in [6, 6.07) is 11.8. The van der Waals surface area contributed by atoms with E-state index in [4.69, 9.17) is 0 Å². The van der Waals surface area contributed by atoms with E-state index in [1.807, 2.05) is 19.1 Å². The van der Waals surface area contributed by atoms with Gasteiger partial charge < -0.3 is 9.80 Å². The van der Waals surface area contributed by atoms with Crippen molar-refractivity contribution in [3.8, 4) is 0 Å². The first kappa shape index (κ1) is 18.9. The summed E-state index contributed by atoms with van der Waals surface area (Å²) < 4.78 is 23.6. The highest BCUT2D eigenvalue weighted by Crippen LogP contribution is 2.32. The van der Waals surface area contributed by atoms with Crippen LogP contribution >= 0.6 is 0 Å². The van der Waals surface area contributed by atoms with Crippen molar-refractivity contribution in [2.75, 3.05) is 29.5 Å². The lowest BCUT2D eigenvalue weighted by Gasteiger charge is -2.30. The Morgan fingerprint density at radius 3 is 2.75 bits per heavy atom. The van der Waals surface area contributed by atoms with E-state index in [1.54, 1.807) is 17.2 Å². The molecule has 2 aliphatic heterocycles. The molecule has 2 aliphatic rings. The molecule has 0 saturated carbocycles. The van der Waals surface area contributed by atoms with Gasteiger partial charge in [-0.15, -0.1) is 0 Å². The zero-order chi connectivity index (χ0) is 19.7. The van der Waals surface area contributed by atoms with Crippen LogP contribution in [0.2, 0.25) is 0 Å². The quantitative estimate of drug-likeness (QED) is 0.791. The van der Waals surface area contributed by atoms with Crippen molar-refractivity contribution in [1.29, 1.82) is 0 Å². The maximum Gasteiger partial charge on any atom is 0.255 e. The topological polar surface area (TPSA) is 70.6 Å². The highest BCUT2D eigenvalue weighted by Gasteiger charge is 2.34. The summed E-state index contributed by atoms with van der Waals surface area (Å²) in [5.74, 6) is 0.897. The molecule has 148 valence electrons. The van der Waals surface area contributed by atoms with Crippen LogP contribution in [0.4, 0.5) is 11.5 Å². The van der Waals surface area contributed by atoms with Crippen LogP contribution in [0.25, 0.3) is 0 Å². The minimum Gasteiger partial charge on any atom is -0.335 e. The minimum atomic E-state index is -3.03. The SMILES string of the molecule is CCN(C(=O)c1ccc(N2CCCc3ccccc32)nc1)C1CCS(=O)(=O)C1. The number of hydrogen-bond donors (Lipinski definition) is 0. The number of anilines is 2. The number of sulfone groups is 1. The molecule has 1 unspecified atom stereocenters. The smallest absolute Gasteiger partial charge is 0.255 e. The van der Waals surface area contributed by atoms with Crippen LogP contribution in [-0.2, 0) is 16.3 Å². The molecule has 3 heterocycles. The maximum absolute atomic E-state index is 12.9. The van der Waals surface area contributed by atoms with Crippen LogP contribution in [0.5, 0.6) is 0 Å². The summed E-state index contributed by atoms with van der Waals surface area (Å²) in [7, 11) is -3.03. The number of benzene rings is 1. The molecule has 1 amide bonds. The lowest BCUT2D eigenvalue weighted by molar-refractivity contribution is 0.0708. The largest absolute Gasteiger partial charge is 0.335 e. The second-order valence-electron chi connectivity index (χ2n) is 7.44. The summed E-state index contributed by atoms with van der Waals surface area (Å²) in [4.78, 5) is 21.3. The molecular formula is C21H25N3O3S. The summed E-state index contributed by atoms with van der Waals surface area (Å²) >= 11 is 0. The van der Waals surface area contributed by atoms with E-state index in [2.05, 4.69) is 28.1 Å². The molecule has 7 heteroatoms. The van der Waals surface area contributed by atoms with Crippen LogP contribution in [0.15, 0.2) is 42.6 Å². The normalized spacial score (nSPS) is 20.6. The molecule has 1 aromatic carbocycles. The third-order valence-corrected chi connectivity index (χ3v) is 7.38. The molecule has 1 fully saturated rings. The highest BCUT2D eigenvalue weighted by atomic mass is 32.2. The summed E-state index contributed by atoms with van der Waals surface area (Å²) in [6.45, 7) is 3.27. The number of pyridine rings is 1. The lowest BCUT2D eigenvalue weighted by atomic mass is 10.0. The highest BCUT2D eigenvalue weighted by molar-refractivity contribution is 7.91. The Balaban J connectivity index is 1.54. The molecule has 1 saturated heterocycles. The van der Waals surface area contributed by atoms with Gasteiger partial charge in [-0.3, -0.25) is 4.79 Å². The van der Waals surface area contributed by atoms with Gasteiger partial charge in [0.15, 0.2) is 9.84 Å². The first-order chi connectivity index (χ1) is 13.5. The van der Waals surface area contributed by atoms with E-state index in [-0.39, 0.29) is 23.5 Å². The van der Waals surface area contributed by atoms with E-state index in [0.29, 0.717) is 18.5 Å². The third kappa shape index (κ3) is 3.63. The lowest BCUT2D eigenvalue weighted by Crippen LogP contribution is -2.41. The van der Waals surface area contributed by atoms with Gasteiger partial charge in [-0.05, 0) is 49.9 Å². The Hall–Kier alpha value is -2.41. The molecule has 0 N–H and O–H groups in total. The van der Waals surface area contributed by atoms with Gasteiger partial charge in [0, 0.05) is 31.0 Å². The van der Waals surface area contributed by atoms with Gasteiger partial charge in [-0.2, -0.15) is 0 Å². The average molecular weight is 400 g/mol. The molecule has 1 atom stereocenters. The van der Waals surface area contributed by atoms with E-state index in [1.165, 1.54) is 11.3 Å². The number of carbonyl (C=O) groups is 1. The van der Waals surface area contributed by atoms with E-state index < -0.39 is 9.84 Å². The molecule has 0 aliphatic carbocycles. The zero-order valence-corrected chi connectivity index (χ0v) is 16.9. The Labute approximate surface area is 166 Å². The van der Waals surface area contributed by atoms with Crippen LogP contribution in [0.1, 0.15) is 35.7 Å².